The molecule has 0 aliphatic rings. The fraction of sp³-hybridized carbons (Fsp3) is 0. The highest BCUT2D eigenvalue weighted by atomic mass is 16.4. The van der Waals surface area contributed by atoms with Crippen molar-refractivity contribution < 1.29 is 19.8 Å². The number of nitrogens with zero attached hydrogens (tertiary/aromatic N) is 2. The van der Waals surface area contributed by atoms with Crippen molar-refractivity contribution in [1.82, 2.24) is 9.97 Å². The molecule has 0 saturated heterocycles. The molecular weight excluding hydrogens is 236 g/mol. The molecule has 0 fully saturated rings. The van der Waals surface area contributed by atoms with Crippen LogP contribution in [-0.4, -0.2) is 32.1 Å². The van der Waals surface area contributed by atoms with Gasteiger partial charge in [-0.15, -0.1) is 0 Å². The molecule has 2 aromatic rings. The summed E-state index contributed by atoms with van der Waals surface area (Å²) in [6.07, 6.45) is 4.61. The summed E-state index contributed by atoms with van der Waals surface area (Å²) in [4.78, 5) is 27.2. The molecule has 2 aromatic heterocycles. The second-order valence-electron chi connectivity index (χ2n) is 3.06. The Balaban J connectivity index is 0.000000187. The van der Waals surface area contributed by atoms with Gasteiger partial charge in [-0.1, -0.05) is 0 Å². The van der Waals surface area contributed by atoms with E-state index in [1.165, 1.54) is 0 Å². The second kappa shape index (κ2) is 6.74. The van der Waals surface area contributed by atoms with Gasteiger partial charge in [0.15, 0.2) is 5.65 Å². The molecule has 18 heavy (non-hydrogen) atoms. The van der Waals surface area contributed by atoms with E-state index >= 15 is 0 Å². The van der Waals surface area contributed by atoms with Crippen molar-refractivity contribution in [2.24, 2.45) is 0 Å². The summed E-state index contributed by atoms with van der Waals surface area (Å²) < 4.78 is 0. The summed E-state index contributed by atoms with van der Waals surface area (Å²) in [6, 6.07) is 7.80. The number of rotatable bonds is 2. The maximum Gasteiger partial charge on any atom is 0.328 e. The van der Waals surface area contributed by atoms with Crippen LogP contribution in [0, 0.1) is 0 Å². The SMILES string of the molecule is O=C(O)C=CC(=O)O.c1cnc2ncccc2c1. The molecule has 2 rings (SSSR count). The molecule has 0 saturated carbocycles. The minimum Gasteiger partial charge on any atom is -0.478 e. The maximum atomic E-state index is 9.55. The van der Waals surface area contributed by atoms with Crippen molar-refractivity contribution in [3.05, 3.63) is 48.8 Å². The number of carboxylic acid groups (broad SMARTS) is 2. The Morgan fingerprint density at radius 3 is 1.72 bits per heavy atom. The van der Waals surface area contributed by atoms with Crippen molar-refractivity contribution in [1.29, 1.82) is 0 Å². The van der Waals surface area contributed by atoms with E-state index in [0.717, 1.165) is 11.0 Å². The molecule has 0 atom stereocenters. The Bertz CT molecular complexity index is 500. The minimum absolute atomic E-state index is 0.558. The number of carbonyl (C=O) groups is 2. The summed E-state index contributed by atoms with van der Waals surface area (Å²) >= 11 is 0. The largest absolute Gasteiger partial charge is 0.478 e. The van der Waals surface area contributed by atoms with Crippen LogP contribution in [0.5, 0.6) is 0 Å². The van der Waals surface area contributed by atoms with Crippen LogP contribution in [0.15, 0.2) is 48.8 Å². The predicted octanol–water partition coefficient (Wildman–Crippen LogP) is 1.34. The highest BCUT2D eigenvalue weighted by Crippen LogP contribution is 2.04. The molecule has 2 N–H and O–H groups in total. The average Bonchev–Trinajstić information content (AvgIpc) is 2.37. The second-order valence-corrected chi connectivity index (χ2v) is 3.06. The molecule has 0 aliphatic carbocycles. The average molecular weight is 246 g/mol. The molecule has 0 aliphatic heterocycles. The molecule has 0 bridgehead atoms. The number of hydrogen-bond donors (Lipinski definition) is 2. The van der Waals surface area contributed by atoms with E-state index in [0.29, 0.717) is 12.2 Å². The third kappa shape index (κ3) is 4.84. The lowest BCUT2D eigenvalue weighted by Gasteiger charge is -1.90. The first-order valence-corrected chi connectivity index (χ1v) is 4.89. The molecule has 2 heterocycles. The van der Waals surface area contributed by atoms with Crippen LogP contribution in [0.2, 0.25) is 0 Å². The van der Waals surface area contributed by atoms with Crippen LogP contribution in [0.3, 0.4) is 0 Å². The van der Waals surface area contributed by atoms with Crippen molar-refractivity contribution in [2.75, 3.05) is 0 Å². The van der Waals surface area contributed by atoms with Gasteiger partial charge in [-0.2, -0.15) is 0 Å². The third-order valence-corrected chi connectivity index (χ3v) is 1.74. The van der Waals surface area contributed by atoms with Gasteiger partial charge >= 0.3 is 11.9 Å². The van der Waals surface area contributed by atoms with Gasteiger partial charge in [0.25, 0.3) is 0 Å². The summed E-state index contributed by atoms with van der Waals surface area (Å²) in [5.41, 5.74) is 0.810. The van der Waals surface area contributed by atoms with Gasteiger partial charge in [0.2, 0.25) is 0 Å². The lowest BCUT2D eigenvalue weighted by atomic mass is 10.3. The van der Waals surface area contributed by atoms with Crippen LogP contribution in [0.25, 0.3) is 11.0 Å². The molecule has 6 nitrogen and oxygen atoms in total. The molecule has 92 valence electrons. The molecule has 0 amide bonds. The third-order valence-electron chi connectivity index (χ3n) is 1.74. The Hall–Kier alpha value is -2.76. The van der Waals surface area contributed by atoms with Gasteiger partial charge in [0.05, 0.1) is 0 Å². The van der Waals surface area contributed by atoms with E-state index < -0.39 is 11.9 Å². The first kappa shape index (κ1) is 13.3. The summed E-state index contributed by atoms with van der Waals surface area (Å²) in [7, 11) is 0. The standard InChI is InChI=1S/C8H6N2.C4H4O4/c1-3-7-4-2-6-10-8(7)9-5-1;5-3(6)1-2-4(7)8/h1-6H;1-2H,(H,5,6)(H,7,8). The lowest BCUT2D eigenvalue weighted by Crippen LogP contribution is -1.91. The molecule has 6 heteroatoms. The van der Waals surface area contributed by atoms with Gasteiger partial charge in [0, 0.05) is 29.9 Å². The summed E-state index contributed by atoms with van der Waals surface area (Å²) in [5.74, 6) is -2.51. The van der Waals surface area contributed by atoms with Crippen LogP contribution in [-0.2, 0) is 9.59 Å². The van der Waals surface area contributed by atoms with E-state index in [1.54, 1.807) is 12.4 Å². The minimum atomic E-state index is -1.26. The topological polar surface area (TPSA) is 100 Å². The van der Waals surface area contributed by atoms with E-state index in [1.807, 2.05) is 24.3 Å². The number of pyridine rings is 2. The van der Waals surface area contributed by atoms with Crippen molar-refractivity contribution in [2.45, 2.75) is 0 Å². The molecule has 0 aromatic carbocycles. The number of carboxylic acids is 2. The van der Waals surface area contributed by atoms with E-state index in [9.17, 15) is 9.59 Å². The Kier molecular flexibility index (Phi) is 4.98. The van der Waals surface area contributed by atoms with Crippen molar-refractivity contribution in [3.8, 4) is 0 Å². The maximum absolute atomic E-state index is 9.55. The van der Waals surface area contributed by atoms with Gasteiger partial charge in [-0.3, -0.25) is 0 Å². The zero-order valence-corrected chi connectivity index (χ0v) is 9.22. The zero-order chi connectivity index (χ0) is 13.4. The molecule has 0 radical (unpaired) electrons. The summed E-state index contributed by atoms with van der Waals surface area (Å²) in [6.45, 7) is 0. The van der Waals surface area contributed by atoms with Crippen LogP contribution in [0.1, 0.15) is 0 Å². The van der Waals surface area contributed by atoms with Gasteiger partial charge in [-0.25, -0.2) is 19.6 Å². The van der Waals surface area contributed by atoms with Crippen molar-refractivity contribution >= 4 is 23.0 Å². The van der Waals surface area contributed by atoms with Gasteiger partial charge in [-0.05, 0) is 24.3 Å². The Labute approximate surface area is 102 Å². The van der Waals surface area contributed by atoms with Gasteiger partial charge in [0.1, 0.15) is 0 Å². The lowest BCUT2D eigenvalue weighted by molar-refractivity contribution is -0.134. The summed E-state index contributed by atoms with van der Waals surface area (Å²) in [5, 5.41) is 16.7. The molecule has 0 unspecified atom stereocenters. The number of fused-ring (bicyclic) bond motifs is 1. The van der Waals surface area contributed by atoms with E-state index in [-0.39, 0.29) is 0 Å². The highest BCUT2D eigenvalue weighted by molar-refractivity contribution is 5.89. The zero-order valence-electron chi connectivity index (χ0n) is 9.22. The first-order chi connectivity index (χ1) is 8.59. The van der Waals surface area contributed by atoms with Crippen LogP contribution in [0.4, 0.5) is 0 Å². The van der Waals surface area contributed by atoms with Gasteiger partial charge < -0.3 is 10.2 Å². The molecule has 0 spiro atoms. The molecular formula is C12H10N2O4. The monoisotopic (exact) mass is 246 g/mol. The normalized spacial score (nSPS) is 9.78. The number of hydrogen-bond acceptors (Lipinski definition) is 4. The smallest absolute Gasteiger partial charge is 0.328 e. The highest BCUT2D eigenvalue weighted by Gasteiger charge is 1.88. The van der Waals surface area contributed by atoms with E-state index in [2.05, 4.69) is 9.97 Å². The fourth-order valence-corrected chi connectivity index (χ4v) is 1.05. The Morgan fingerprint density at radius 1 is 0.944 bits per heavy atom. The van der Waals surface area contributed by atoms with Crippen LogP contribution < -0.4 is 0 Å². The fourth-order valence-electron chi connectivity index (χ4n) is 1.05. The number of aromatic nitrogens is 2. The van der Waals surface area contributed by atoms with Crippen molar-refractivity contribution in [3.63, 3.8) is 0 Å². The predicted molar refractivity (Wildman–Crippen MR) is 63.9 cm³/mol. The Morgan fingerprint density at radius 2 is 1.39 bits per heavy atom. The number of aliphatic carboxylic acids is 2. The first-order valence-electron chi connectivity index (χ1n) is 4.89. The van der Waals surface area contributed by atoms with Crippen LogP contribution >= 0.6 is 0 Å². The quantitative estimate of drug-likeness (QED) is 0.775. The van der Waals surface area contributed by atoms with E-state index in [4.69, 9.17) is 10.2 Å².